The zero-order valence-electron chi connectivity index (χ0n) is 9.11. The number of hydrogen-bond donors (Lipinski definition) is 2. The molecule has 0 radical (unpaired) electrons. The molecule has 16 heavy (non-hydrogen) atoms. The van der Waals surface area contributed by atoms with Crippen molar-refractivity contribution in [2.75, 3.05) is 32.7 Å². The molecule has 0 fully saturated rings. The van der Waals surface area contributed by atoms with Crippen molar-refractivity contribution in [3.63, 3.8) is 0 Å². The maximum atomic E-state index is 9.44. The van der Waals surface area contributed by atoms with E-state index in [1.165, 1.54) is 20.5 Å². The van der Waals surface area contributed by atoms with E-state index in [2.05, 4.69) is 15.3 Å². The fraction of sp³-hybridized carbons (Fsp3) is 0.556. The molecule has 0 amide bonds. The molecular weight excluding hydrogens is 234 g/mol. The lowest BCUT2D eigenvalue weighted by molar-refractivity contribution is 0.0727. The molecule has 1 atom stereocenters. The van der Waals surface area contributed by atoms with Crippen molar-refractivity contribution >= 4 is 17.4 Å². The maximum absolute atomic E-state index is 9.44. The molecule has 0 saturated heterocycles. The summed E-state index contributed by atoms with van der Waals surface area (Å²) in [4.78, 5) is 7.74. The molecule has 1 rings (SSSR count). The molecule has 6 nitrogen and oxygen atoms in total. The van der Waals surface area contributed by atoms with Gasteiger partial charge in [0.15, 0.2) is 16.7 Å². The third kappa shape index (κ3) is 3.48. The third-order valence-electron chi connectivity index (χ3n) is 1.83. The van der Waals surface area contributed by atoms with Gasteiger partial charge in [-0.25, -0.2) is 9.97 Å². The molecule has 1 aromatic rings. The van der Waals surface area contributed by atoms with Crippen LogP contribution in [0.2, 0.25) is 5.15 Å². The standard InChI is InChI=1S/C9H14ClN3O3/c1-15-4-6(14)3-11-9-7(16-2)8(10)12-5-13-9/h5-6,14H,3-4H2,1-2H3,(H,11,12,13). The molecule has 0 bridgehead atoms. The van der Waals surface area contributed by atoms with Gasteiger partial charge in [-0.3, -0.25) is 0 Å². The Morgan fingerprint density at radius 1 is 1.50 bits per heavy atom. The lowest BCUT2D eigenvalue weighted by atomic mass is 10.3. The molecule has 0 aliphatic heterocycles. The SMILES string of the molecule is COCC(O)CNc1ncnc(Cl)c1OC. The summed E-state index contributed by atoms with van der Waals surface area (Å²) < 4.78 is 9.83. The van der Waals surface area contributed by atoms with Crippen LogP contribution in [0.15, 0.2) is 6.33 Å². The number of anilines is 1. The van der Waals surface area contributed by atoms with Crippen LogP contribution in [-0.4, -0.2) is 48.5 Å². The lowest BCUT2D eigenvalue weighted by Gasteiger charge is -2.13. The molecule has 1 heterocycles. The fourth-order valence-corrected chi connectivity index (χ4v) is 1.34. The van der Waals surface area contributed by atoms with E-state index >= 15 is 0 Å². The summed E-state index contributed by atoms with van der Waals surface area (Å²) in [6, 6.07) is 0. The summed E-state index contributed by atoms with van der Waals surface area (Å²) in [5.74, 6) is 0.798. The van der Waals surface area contributed by atoms with Crippen molar-refractivity contribution in [3.05, 3.63) is 11.5 Å². The van der Waals surface area contributed by atoms with Crippen molar-refractivity contribution in [1.82, 2.24) is 9.97 Å². The highest BCUT2D eigenvalue weighted by atomic mass is 35.5. The first-order chi connectivity index (χ1) is 7.69. The van der Waals surface area contributed by atoms with Crippen LogP contribution in [-0.2, 0) is 4.74 Å². The Morgan fingerprint density at radius 3 is 2.88 bits per heavy atom. The van der Waals surface area contributed by atoms with Gasteiger partial charge in [0.25, 0.3) is 0 Å². The zero-order valence-corrected chi connectivity index (χ0v) is 9.86. The summed E-state index contributed by atoms with van der Waals surface area (Å²) in [6.45, 7) is 0.533. The van der Waals surface area contributed by atoms with Crippen LogP contribution in [0, 0.1) is 0 Å². The molecule has 7 heteroatoms. The first-order valence-corrected chi connectivity index (χ1v) is 5.02. The monoisotopic (exact) mass is 247 g/mol. The second kappa shape index (κ2) is 6.47. The van der Waals surface area contributed by atoms with Gasteiger partial charge >= 0.3 is 0 Å². The zero-order chi connectivity index (χ0) is 12.0. The van der Waals surface area contributed by atoms with Gasteiger partial charge in [0, 0.05) is 13.7 Å². The quantitative estimate of drug-likeness (QED) is 0.716. The minimum atomic E-state index is -0.622. The van der Waals surface area contributed by atoms with Gasteiger partial charge in [-0.1, -0.05) is 11.6 Å². The predicted octanol–water partition coefficient (Wildman–Crippen LogP) is 0.558. The largest absolute Gasteiger partial charge is 0.490 e. The summed E-state index contributed by atoms with van der Waals surface area (Å²) in [5.41, 5.74) is 0. The highest BCUT2D eigenvalue weighted by Crippen LogP contribution is 2.27. The smallest absolute Gasteiger partial charge is 0.198 e. The third-order valence-corrected chi connectivity index (χ3v) is 2.10. The molecule has 90 valence electrons. The first-order valence-electron chi connectivity index (χ1n) is 4.64. The Balaban J connectivity index is 2.63. The van der Waals surface area contributed by atoms with Gasteiger partial charge in [0.05, 0.1) is 19.8 Å². The second-order valence-electron chi connectivity index (χ2n) is 3.04. The molecule has 2 N–H and O–H groups in total. The number of aliphatic hydroxyl groups is 1. The van der Waals surface area contributed by atoms with E-state index in [1.54, 1.807) is 0 Å². The maximum Gasteiger partial charge on any atom is 0.198 e. The van der Waals surface area contributed by atoms with Crippen LogP contribution in [0.4, 0.5) is 5.82 Å². The number of nitrogens with one attached hydrogen (secondary N) is 1. The summed E-state index contributed by atoms with van der Waals surface area (Å²) in [6.07, 6.45) is 0.694. The predicted molar refractivity (Wildman–Crippen MR) is 60.0 cm³/mol. The molecule has 0 aromatic carbocycles. The van der Waals surface area contributed by atoms with E-state index in [1.807, 2.05) is 0 Å². The topological polar surface area (TPSA) is 76.5 Å². The lowest BCUT2D eigenvalue weighted by Crippen LogP contribution is -2.24. The van der Waals surface area contributed by atoms with Gasteiger partial charge in [-0.05, 0) is 0 Å². The molecule has 0 saturated carbocycles. The van der Waals surface area contributed by atoms with E-state index in [0.717, 1.165) is 0 Å². The molecule has 1 unspecified atom stereocenters. The average Bonchev–Trinajstić information content (AvgIpc) is 2.27. The molecule has 0 aliphatic rings. The number of halogens is 1. The Labute approximate surface area is 98.6 Å². The summed E-state index contributed by atoms with van der Waals surface area (Å²) in [5, 5.41) is 12.6. The van der Waals surface area contributed by atoms with Crippen molar-refractivity contribution in [2.45, 2.75) is 6.10 Å². The number of methoxy groups -OCH3 is 2. The summed E-state index contributed by atoms with van der Waals surface area (Å²) in [7, 11) is 2.99. The van der Waals surface area contributed by atoms with Gasteiger partial charge < -0.3 is 19.9 Å². The Hall–Kier alpha value is -1.11. The molecular formula is C9H14ClN3O3. The van der Waals surface area contributed by atoms with Crippen LogP contribution in [0.25, 0.3) is 0 Å². The van der Waals surface area contributed by atoms with Gasteiger partial charge in [0.2, 0.25) is 0 Å². The molecule has 0 aliphatic carbocycles. The van der Waals surface area contributed by atoms with Gasteiger partial charge in [0.1, 0.15) is 6.33 Å². The minimum absolute atomic E-state index is 0.223. The number of ether oxygens (including phenoxy) is 2. The van der Waals surface area contributed by atoms with E-state index in [9.17, 15) is 5.11 Å². The molecule has 0 spiro atoms. The highest BCUT2D eigenvalue weighted by Gasteiger charge is 2.11. The van der Waals surface area contributed by atoms with Crippen molar-refractivity contribution in [1.29, 1.82) is 0 Å². The minimum Gasteiger partial charge on any atom is -0.490 e. The van der Waals surface area contributed by atoms with E-state index in [-0.39, 0.29) is 18.3 Å². The van der Waals surface area contributed by atoms with Gasteiger partial charge in [-0.15, -0.1) is 0 Å². The van der Waals surface area contributed by atoms with Gasteiger partial charge in [-0.2, -0.15) is 0 Å². The van der Waals surface area contributed by atoms with E-state index in [0.29, 0.717) is 11.6 Å². The number of hydrogen-bond acceptors (Lipinski definition) is 6. The number of rotatable bonds is 6. The van der Waals surface area contributed by atoms with Crippen LogP contribution in [0.3, 0.4) is 0 Å². The molecule has 1 aromatic heterocycles. The Bertz CT molecular complexity index is 338. The summed E-state index contributed by atoms with van der Waals surface area (Å²) >= 11 is 5.80. The Morgan fingerprint density at radius 2 is 2.25 bits per heavy atom. The van der Waals surface area contributed by atoms with Crippen molar-refractivity contribution < 1.29 is 14.6 Å². The normalized spacial score (nSPS) is 12.2. The number of aromatic nitrogens is 2. The first kappa shape index (κ1) is 13.0. The number of nitrogens with zero attached hydrogens (tertiary/aromatic N) is 2. The fourth-order valence-electron chi connectivity index (χ4n) is 1.12. The Kier molecular flexibility index (Phi) is 5.24. The van der Waals surface area contributed by atoms with E-state index in [4.69, 9.17) is 21.1 Å². The highest BCUT2D eigenvalue weighted by molar-refractivity contribution is 6.31. The van der Waals surface area contributed by atoms with Crippen LogP contribution in [0.5, 0.6) is 5.75 Å². The van der Waals surface area contributed by atoms with Crippen LogP contribution >= 0.6 is 11.6 Å². The van der Waals surface area contributed by atoms with E-state index < -0.39 is 6.10 Å². The van der Waals surface area contributed by atoms with Crippen molar-refractivity contribution in [3.8, 4) is 5.75 Å². The van der Waals surface area contributed by atoms with Crippen LogP contribution < -0.4 is 10.1 Å². The average molecular weight is 248 g/mol. The van der Waals surface area contributed by atoms with Crippen LogP contribution in [0.1, 0.15) is 0 Å². The second-order valence-corrected chi connectivity index (χ2v) is 3.39. The van der Waals surface area contributed by atoms with Crippen molar-refractivity contribution in [2.24, 2.45) is 0 Å². The number of aliphatic hydroxyl groups excluding tert-OH is 1.